The first-order valence-corrected chi connectivity index (χ1v) is 10.6. The number of nitro benzene ring substituents is 1. The number of non-ortho nitro benzene ring substituents is 1. The maximum Gasteiger partial charge on any atom is 0.282 e. The molecule has 166 valence electrons. The first kappa shape index (κ1) is 22.2. The maximum absolute atomic E-state index is 13.4. The second kappa shape index (κ2) is 9.25. The van der Waals surface area contributed by atoms with Gasteiger partial charge in [0.25, 0.3) is 11.6 Å². The minimum Gasteiger partial charge on any atom is -0.497 e. The molecule has 0 N–H and O–H groups in total. The molecular formula is C24H18BrN3O5. The van der Waals surface area contributed by atoms with Gasteiger partial charge in [0.2, 0.25) is 0 Å². The lowest BCUT2D eigenvalue weighted by Gasteiger charge is -2.19. The second-order valence-corrected chi connectivity index (χ2v) is 7.86. The summed E-state index contributed by atoms with van der Waals surface area (Å²) in [4.78, 5) is 30.2. The summed E-state index contributed by atoms with van der Waals surface area (Å²) in [6, 6.07) is 18.5. The summed E-state index contributed by atoms with van der Waals surface area (Å²) in [7, 11) is 3.14. The molecule has 0 bridgehead atoms. The number of carbonyl (C=O) groups excluding carboxylic acids is 1. The number of carbonyl (C=O) groups is 1. The molecule has 0 fully saturated rings. The van der Waals surface area contributed by atoms with Crippen molar-refractivity contribution < 1.29 is 19.2 Å². The van der Waals surface area contributed by atoms with Crippen LogP contribution in [0.2, 0.25) is 0 Å². The van der Waals surface area contributed by atoms with Crippen LogP contribution in [0.25, 0.3) is 6.08 Å². The number of anilines is 1. The lowest BCUT2D eigenvalue weighted by Crippen LogP contribution is -2.32. The zero-order chi connectivity index (χ0) is 23.5. The monoisotopic (exact) mass is 507 g/mol. The van der Waals surface area contributed by atoms with E-state index < -0.39 is 4.92 Å². The average molecular weight is 508 g/mol. The molecule has 0 aromatic heterocycles. The van der Waals surface area contributed by atoms with E-state index in [0.717, 1.165) is 0 Å². The number of nitrogens with zero attached hydrogens (tertiary/aromatic N) is 3. The third-order valence-corrected chi connectivity index (χ3v) is 5.61. The van der Waals surface area contributed by atoms with Gasteiger partial charge in [-0.05, 0) is 70.0 Å². The lowest BCUT2D eigenvalue weighted by molar-refractivity contribution is -0.384. The Kier molecular flexibility index (Phi) is 6.23. The number of ether oxygens (including phenoxy) is 2. The number of rotatable bonds is 6. The number of benzene rings is 3. The molecule has 9 heteroatoms. The van der Waals surface area contributed by atoms with E-state index in [2.05, 4.69) is 20.9 Å². The summed E-state index contributed by atoms with van der Waals surface area (Å²) in [6.07, 6.45) is 1.54. The summed E-state index contributed by atoms with van der Waals surface area (Å²) in [5, 5.41) is 11.1. The molecule has 0 atom stereocenters. The van der Waals surface area contributed by atoms with Gasteiger partial charge in [0, 0.05) is 17.7 Å². The van der Waals surface area contributed by atoms with E-state index in [9.17, 15) is 14.9 Å². The van der Waals surface area contributed by atoms with Crippen molar-refractivity contribution in [3.05, 3.63) is 98.1 Å². The fraction of sp³-hybridized carbons (Fsp3) is 0.0833. The molecule has 0 radical (unpaired) electrons. The Morgan fingerprint density at radius 2 is 1.79 bits per heavy atom. The highest BCUT2D eigenvalue weighted by atomic mass is 79.9. The lowest BCUT2D eigenvalue weighted by atomic mass is 10.1. The molecule has 4 rings (SSSR count). The van der Waals surface area contributed by atoms with Crippen molar-refractivity contribution in [2.24, 2.45) is 4.99 Å². The van der Waals surface area contributed by atoms with Gasteiger partial charge in [0.15, 0.2) is 0 Å². The van der Waals surface area contributed by atoms with E-state index in [1.165, 1.54) is 23.1 Å². The molecule has 0 saturated carbocycles. The molecule has 0 unspecified atom stereocenters. The minimum atomic E-state index is -0.480. The zero-order valence-electron chi connectivity index (χ0n) is 17.7. The number of halogens is 1. The number of methoxy groups -OCH3 is 2. The third kappa shape index (κ3) is 4.49. The Morgan fingerprint density at radius 3 is 2.42 bits per heavy atom. The van der Waals surface area contributed by atoms with Crippen molar-refractivity contribution in [3.63, 3.8) is 0 Å². The van der Waals surface area contributed by atoms with E-state index in [1.807, 2.05) is 12.1 Å². The van der Waals surface area contributed by atoms with E-state index in [-0.39, 0.29) is 17.3 Å². The Bertz CT molecular complexity index is 1300. The van der Waals surface area contributed by atoms with Gasteiger partial charge >= 0.3 is 0 Å². The zero-order valence-corrected chi connectivity index (χ0v) is 19.3. The highest BCUT2D eigenvalue weighted by Crippen LogP contribution is 2.32. The van der Waals surface area contributed by atoms with Crippen LogP contribution < -0.4 is 14.4 Å². The Morgan fingerprint density at radius 1 is 1.03 bits per heavy atom. The van der Waals surface area contributed by atoms with E-state index in [1.54, 1.807) is 56.7 Å². The maximum atomic E-state index is 13.4. The predicted octanol–water partition coefficient (Wildman–Crippen LogP) is 5.21. The topological polar surface area (TPSA) is 94.3 Å². The molecule has 3 aromatic carbocycles. The van der Waals surface area contributed by atoms with Crippen LogP contribution in [0, 0.1) is 10.1 Å². The first-order chi connectivity index (χ1) is 15.9. The van der Waals surface area contributed by atoms with Gasteiger partial charge in [0.05, 0.1) is 29.3 Å². The van der Waals surface area contributed by atoms with Crippen molar-refractivity contribution in [2.45, 2.75) is 0 Å². The Labute approximate surface area is 198 Å². The van der Waals surface area contributed by atoms with Crippen molar-refractivity contribution in [3.8, 4) is 11.5 Å². The number of hydrogen-bond donors (Lipinski definition) is 0. The minimum absolute atomic E-state index is 0.0647. The number of amidine groups is 1. The third-order valence-electron chi connectivity index (χ3n) is 4.99. The number of nitro groups is 1. The van der Waals surface area contributed by atoms with Crippen molar-refractivity contribution >= 4 is 45.1 Å². The van der Waals surface area contributed by atoms with Gasteiger partial charge in [-0.15, -0.1) is 0 Å². The van der Waals surface area contributed by atoms with Crippen LogP contribution in [-0.2, 0) is 4.79 Å². The van der Waals surface area contributed by atoms with Gasteiger partial charge in [-0.2, -0.15) is 0 Å². The van der Waals surface area contributed by atoms with E-state index in [4.69, 9.17) is 9.47 Å². The molecule has 0 aliphatic carbocycles. The van der Waals surface area contributed by atoms with Crippen LogP contribution in [0.5, 0.6) is 11.5 Å². The summed E-state index contributed by atoms with van der Waals surface area (Å²) in [5.41, 5.74) is 1.89. The number of hydrogen-bond acceptors (Lipinski definition) is 6. The SMILES string of the molecule is COc1ccc(N2C(=O)C(=Cc3cccc([N+](=O)[O-])c3)N=C2c2ccc(OC)c(Br)c2)cc1. The number of aliphatic imine (C=N–C) groups is 1. The Hall–Kier alpha value is -3.98. The summed E-state index contributed by atoms with van der Waals surface area (Å²) < 4.78 is 11.2. The van der Waals surface area contributed by atoms with Crippen molar-refractivity contribution in [1.29, 1.82) is 0 Å². The molecule has 1 aliphatic rings. The molecule has 1 amide bonds. The summed E-state index contributed by atoms with van der Waals surface area (Å²) >= 11 is 3.48. The van der Waals surface area contributed by atoms with Crippen LogP contribution in [0.1, 0.15) is 11.1 Å². The van der Waals surface area contributed by atoms with Crippen LogP contribution in [-0.4, -0.2) is 30.9 Å². The quantitative estimate of drug-likeness (QED) is 0.259. The van der Waals surface area contributed by atoms with E-state index in [0.29, 0.717) is 38.6 Å². The van der Waals surface area contributed by atoms with Crippen molar-refractivity contribution in [1.82, 2.24) is 0 Å². The average Bonchev–Trinajstić information content (AvgIpc) is 3.15. The standard InChI is InChI=1S/C24H18BrN3O5/c1-32-19-9-7-17(8-10-19)27-23(16-6-11-22(33-2)20(25)14-16)26-21(24(27)29)13-15-4-3-5-18(12-15)28(30)31/h3-14H,1-2H3. The molecule has 3 aromatic rings. The fourth-order valence-corrected chi connectivity index (χ4v) is 3.91. The summed E-state index contributed by atoms with van der Waals surface area (Å²) in [5.74, 6) is 1.37. The van der Waals surface area contributed by atoms with Crippen LogP contribution in [0.4, 0.5) is 11.4 Å². The first-order valence-electron chi connectivity index (χ1n) is 9.78. The molecule has 0 saturated heterocycles. The highest BCUT2D eigenvalue weighted by molar-refractivity contribution is 9.10. The molecule has 33 heavy (non-hydrogen) atoms. The van der Waals surface area contributed by atoms with Gasteiger partial charge in [-0.3, -0.25) is 19.8 Å². The number of amides is 1. The molecule has 8 nitrogen and oxygen atoms in total. The van der Waals surface area contributed by atoms with Gasteiger partial charge in [-0.1, -0.05) is 12.1 Å². The molecule has 1 aliphatic heterocycles. The fourth-order valence-electron chi connectivity index (χ4n) is 3.37. The molecule has 1 heterocycles. The predicted molar refractivity (Wildman–Crippen MR) is 129 cm³/mol. The second-order valence-electron chi connectivity index (χ2n) is 7.00. The van der Waals surface area contributed by atoms with Crippen LogP contribution in [0.15, 0.2) is 81.9 Å². The van der Waals surface area contributed by atoms with Gasteiger partial charge in [0.1, 0.15) is 23.0 Å². The van der Waals surface area contributed by atoms with Gasteiger partial charge in [-0.25, -0.2) is 4.99 Å². The van der Waals surface area contributed by atoms with E-state index >= 15 is 0 Å². The normalized spacial score (nSPS) is 14.4. The molecule has 0 spiro atoms. The molecular weight excluding hydrogens is 490 g/mol. The van der Waals surface area contributed by atoms with Gasteiger partial charge < -0.3 is 9.47 Å². The Balaban J connectivity index is 1.82. The summed E-state index contributed by atoms with van der Waals surface area (Å²) in [6.45, 7) is 0. The van der Waals surface area contributed by atoms with Crippen LogP contribution >= 0.6 is 15.9 Å². The smallest absolute Gasteiger partial charge is 0.282 e. The van der Waals surface area contributed by atoms with Crippen LogP contribution in [0.3, 0.4) is 0 Å². The highest BCUT2D eigenvalue weighted by Gasteiger charge is 2.33. The van der Waals surface area contributed by atoms with Crippen molar-refractivity contribution in [2.75, 3.05) is 19.1 Å². The largest absolute Gasteiger partial charge is 0.497 e.